The normalized spacial score (nSPS) is 10.3. The molecule has 1 N–H and O–H groups in total. The lowest BCUT2D eigenvalue weighted by Crippen LogP contribution is -2.13. The van der Waals surface area contributed by atoms with Gasteiger partial charge in [0.25, 0.3) is 11.6 Å². The van der Waals surface area contributed by atoms with E-state index in [2.05, 4.69) is 5.32 Å². The van der Waals surface area contributed by atoms with Crippen LogP contribution in [0.1, 0.15) is 21.5 Å². The highest BCUT2D eigenvalue weighted by Gasteiger charge is 2.19. The first kappa shape index (κ1) is 18.1. The number of hydrogen-bond acceptors (Lipinski definition) is 4. The molecule has 0 aromatic heterocycles. The third kappa shape index (κ3) is 4.30. The molecule has 0 saturated carbocycles. The minimum atomic E-state index is -0.574. The minimum Gasteiger partial charge on any atom is -0.457 e. The van der Waals surface area contributed by atoms with Crippen LogP contribution in [-0.4, -0.2) is 10.8 Å². The Morgan fingerprint density at radius 1 is 0.926 bits per heavy atom. The van der Waals surface area contributed by atoms with Gasteiger partial charge in [-0.25, -0.2) is 0 Å². The van der Waals surface area contributed by atoms with Crippen molar-refractivity contribution in [1.82, 2.24) is 0 Å². The molecule has 0 bridgehead atoms. The number of carbonyl (C=O) groups excluding carboxylic acids is 1. The highest BCUT2D eigenvalue weighted by atomic mass is 16.6. The van der Waals surface area contributed by atoms with E-state index in [0.29, 0.717) is 11.4 Å². The molecule has 0 fully saturated rings. The van der Waals surface area contributed by atoms with Gasteiger partial charge in [0.15, 0.2) is 0 Å². The van der Waals surface area contributed by atoms with Crippen LogP contribution in [0.3, 0.4) is 0 Å². The lowest BCUT2D eigenvalue weighted by atomic mass is 10.1. The first-order valence-electron chi connectivity index (χ1n) is 8.34. The van der Waals surface area contributed by atoms with E-state index in [1.54, 1.807) is 30.3 Å². The average molecular weight is 362 g/mol. The van der Waals surface area contributed by atoms with Crippen molar-refractivity contribution < 1.29 is 14.5 Å². The molecular weight excluding hydrogens is 344 g/mol. The zero-order chi connectivity index (χ0) is 19.4. The molecule has 27 heavy (non-hydrogen) atoms. The number of nitrogens with one attached hydrogen (secondary N) is 1. The van der Waals surface area contributed by atoms with E-state index >= 15 is 0 Å². The third-order valence-corrected chi connectivity index (χ3v) is 4.17. The molecule has 0 unspecified atom stereocenters. The van der Waals surface area contributed by atoms with Crippen LogP contribution in [0.2, 0.25) is 0 Å². The van der Waals surface area contributed by atoms with Gasteiger partial charge in [-0.1, -0.05) is 18.2 Å². The summed E-state index contributed by atoms with van der Waals surface area (Å²) in [6, 6.07) is 18.5. The number of ether oxygens (including phenoxy) is 1. The SMILES string of the molecule is Cc1ccc(Oc2ccc(NC(=O)c3ccccc3[N+](=O)[O-])cc2)cc1C. The first-order valence-corrected chi connectivity index (χ1v) is 8.34. The number of anilines is 1. The number of para-hydroxylation sites is 1. The van der Waals surface area contributed by atoms with Gasteiger partial charge < -0.3 is 10.1 Å². The summed E-state index contributed by atoms with van der Waals surface area (Å²) in [6.45, 7) is 4.05. The molecule has 0 heterocycles. The highest BCUT2D eigenvalue weighted by Crippen LogP contribution is 2.25. The van der Waals surface area contributed by atoms with Gasteiger partial charge in [-0.15, -0.1) is 0 Å². The predicted octanol–water partition coefficient (Wildman–Crippen LogP) is 5.26. The maximum absolute atomic E-state index is 12.3. The highest BCUT2D eigenvalue weighted by molar-refractivity contribution is 6.07. The van der Waals surface area contributed by atoms with Crippen LogP contribution >= 0.6 is 0 Å². The van der Waals surface area contributed by atoms with Gasteiger partial charge in [0.2, 0.25) is 0 Å². The van der Waals surface area contributed by atoms with Crippen molar-refractivity contribution in [2.75, 3.05) is 5.32 Å². The molecule has 0 aliphatic rings. The van der Waals surface area contributed by atoms with Crippen molar-refractivity contribution >= 4 is 17.3 Å². The topological polar surface area (TPSA) is 81.5 Å². The number of aryl methyl sites for hydroxylation is 2. The maximum Gasteiger partial charge on any atom is 0.282 e. The maximum atomic E-state index is 12.3. The van der Waals surface area contributed by atoms with Gasteiger partial charge in [-0.2, -0.15) is 0 Å². The van der Waals surface area contributed by atoms with Crippen molar-refractivity contribution in [3.8, 4) is 11.5 Å². The Balaban J connectivity index is 1.71. The van der Waals surface area contributed by atoms with Crippen LogP contribution < -0.4 is 10.1 Å². The predicted molar refractivity (Wildman–Crippen MR) is 103 cm³/mol. The Hall–Kier alpha value is -3.67. The number of nitro groups is 1. The number of benzene rings is 3. The zero-order valence-corrected chi connectivity index (χ0v) is 14.9. The first-order chi connectivity index (χ1) is 12.9. The number of nitro benzene ring substituents is 1. The molecule has 0 aliphatic carbocycles. The molecular formula is C21H18N2O4. The molecule has 0 saturated heterocycles. The molecule has 0 spiro atoms. The van der Waals surface area contributed by atoms with Crippen molar-refractivity contribution in [1.29, 1.82) is 0 Å². The molecule has 0 atom stereocenters. The lowest BCUT2D eigenvalue weighted by Gasteiger charge is -2.09. The smallest absolute Gasteiger partial charge is 0.282 e. The number of nitrogens with zero attached hydrogens (tertiary/aromatic N) is 1. The lowest BCUT2D eigenvalue weighted by molar-refractivity contribution is -0.385. The Labute approximate surface area is 156 Å². The van der Waals surface area contributed by atoms with E-state index in [1.165, 1.54) is 23.8 Å². The van der Waals surface area contributed by atoms with Crippen molar-refractivity contribution in [2.24, 2.45) is 0 Å². The second kappa shape index (κ2) is 7.70. The van der Waals surface area contributed by atoms with Crippen LogP contribution in [0.5, 0.6) is 11.5 Å². The Bertz CT molecular complexity index is 997. The Morgan fingerprint density at radius 2 is 1.59 bits per heavy atom. The van der Waals surface area contributed by atoms with Crippen molar-refractivity contribution in [3.05, 3.63) is 93.5 Å². The van der Waals surface area contributed by atoms with E-state index in [9.17, 15) is 14.9 Å². The molecule has 6 heteroatoms. The van der Waals surface area contributed by atoms with Gasteiger partial charge in [0.1, 0.15) is 17.1 Å². The summed E-state index contributed by atoms with van der Waals surface area (Å²) < 4.78 is 5.81. The largest absolute Gasteiger partial charge is 0.457 e. The van der Waals surface area contributed by atoms with Crippen LogP contribution in [0.15, 0.2) is 66.7 Å². The summed E-state index contributed by atoms with van der Waals surface area (Å²) >= 11 is 0. The molecule has 3 rings (SSSR count). The van der Waals surface area contributed by atoms with E-state index in [0.717, 1.165) is 11.3 Å². The van der Waals surface area contributed by atoms with E-state index in [1.807, 2.05) is 32.0 Å². The monoisotopic (exact) mass is 362 g/mol. The minimum absolute atomic E-state index is 0.0120. The average Bonchev–Trinajstić information content (AvgIpc) is 2.66. The van der Waals surface area contributed by atoms with Crippen LogP contribution in [0.25, 0.3) is 0 Å². The van der Waals surface area contributed by atoms with Gasteiger partial charge in [0, 0.05) is 11.8 Å². The fourth-order valence-electron chi connectivity index (χ4n) is 2.54. The summed E-state index contributed by atoms with van der Waals surface area (Å²) in [6.07, 6.45) is 0. The summed E-state index contributed by atoms with van der Waals surface area (Å²) in [5.74, 6) is 0.821. The van der Waals surface area contributed by atoms with Crippen molar-refractivity contribution in [2.45, 2.75) is 13.8 Å². The second-order valence-corrected chi connectivity index (χ2v) is 6.10. The van der Waals surface area contributed by atoms with Gasteiger partial charge in [-0.05, 0) is 67.4 Å². The van der Waals surface area contributed by atoms with Crippen LogP contribution in [-0.2, 0) is 0 Å². The molecule has 1 amide bonds. The van der Waals surface area contributed by atoms with Gasteiger partial charge >= 0.3 is 0 Å². The van der Waals surface area contributed by atoms with Gasteiger partial charge in [0.05, 0.1) is 4.92 Å². The fourth-order valence-corrected chi connectivity index (χ4v) is 2.54. The molecule has 3 aromatic carbocycles. The molecule has 3 aromatic rings. The number of rotatable bonds is 5. The number of carbonyl (C=O) groups is 1. The summed E-state index contributed by atoms with van der Waals surface area (Å²) in [4.78, 5) is 22.8. The molecule has 136 valence electrons. The van der Waals surface area contributed by atoms with E-state index < -0.39 is 10.8 Å². The molecule has 0 radical (unpaired) electrons. The van der Waals surface area contributed by atoms with Crippen LogP contribution in [0, 0.1) is 24.0 Å². The van der Waals surface area contributed by atoms with Gasteiger partial charge in [-0.3, -0.25) is 14.9 Å². The molecule has 6 nitrogen and oxygen atoms in total. The van der Waals surface area contributed by atoms with Crippen molar-refractivity contribution in [3.63, 3.8) is 0 Å². The standard InChI is InChI=1S/C21H18N2O4/c1-14-7-10-18(13-15(14)2)27-17-11-8-16(9-12-17)22-21(24)19-5-3-4-6-20(19)23(25)26/h3-13H,1-2H3,(H,22,24). The van der Waals surface area contributed by atoms with E-state index in [-0.39, 0.29) is 11.3 Å². The second-order valence-electron chi connectivity index (χ2n) is 6.10. The Morgan fingerprint density at radius 3 is 2.26 bits per heavy atom. The number of hydrogen-bond donors (Lipinski definition) is 1. The van der Waals surface area contributed by atoms with E-state index in [4.69, 9.17) is 4.74 Å². The quantitative estimate of drug-likeness (QED) is 0.496. The number of amides is 1. The van der Waals surface area contributed by atoms with Crippen LogP contribution in [0.4, 0.5) is 11.4 Å². The summed E-state index contributed by atoms with van der Waals surface area (Å²) in [5, 5.41) is 13.7. The fraction of sp³-hybridized carbons (Fsp3) is 0.0952. The zero-order valence-electron chi connectivity index (χ0n) is 14.9. The molecule has 0 aliphatic heterocycles. The third-order valence-electron chi connectivity index (χ3n) is 4.17. The summed E-state index contributed by atoms with van der Waals surface area (Å²) in [7, 11) is 0. The Kier molecular flexibility index (Phi) is 5.17. The summed E-state index contributed by atoms with van der Waals surface area (Å²) in [5.41, 5.74) is 2.63.